The maximum absolute atomic E-state index is 13.6. The molecule has 0 aliphatic heterocycles. The van der Waals surface area contributed by atoms with Crippen LogP contribution >= 0.6 is 11.6 Å². The van der Waals surface area contributed by atoms with Gasteiger partial charge in [-0.2, -0.15) is 0 Å². The van der Waals surface area contributed by atoms with Crippen LogP contribution in [0.25, 0.3) is 0 Å². The number of hydrogen-bond acceptors (Lipinski definition) is 2. The number of ether oxygens (including phenoxy) is 1. The number of halogens is 2. The Morgan fingerprint density at radius 3 is 2.55 bits per heavy atom. The minimum atomic E-state index is -0.779. The van der Waals surface area contributed by atoms with Gasteiger partial charge in [0, 0.05) is 11.4 Å². The predicted molar refractivity (Wildman–Crippen MR) is 77.7 cm³/mol. The van der Waals surface area contributed by atoms with Crippen LogP contribution in [-0.4, -0.2) is 11.7 Å². The molecular weight excluding hydrogens is 279 g/mol. The van der Waals surface area contributed by atoms with Crippen LogP contribution in [0, 0.1) is 5.82 Å². The molecule has 2 aromatic rings. The minimum Gasteiger partial charge on any atom is -0.494 e. The average molecular weight is 295 g/mol. The molecule has 0 spiro atoms. The second kappa shape index (κ2) is 6.73. The Balaban J connectivity index is 2.11. The molecule has 0 heterocycles. The minimum absolute atomic E-state index is 0.181. The molecule has 0 saturated carbocycles. The quantitative estimate of drug-likeness (QED) is 0.897. The topological polar surface area (TPSA) is 29.5 Å². The van der Waals surface area contributed by atoms with E-state index in [1.165, 1.54) is 18.2 Å². The second-order valence-electron chi connectivity index (χ2n) is 4.46. The summed E-state index contributed by atoms with van der Waals surface area (Å²) in [6.45, 7) is 2.50. The molecule has 2 nitrogen and oxygen atoms in total. The van der Waals surface area contributed by atoms with E-state index in [4.69, 9.17) is 16.3 Å². The lowest BCUT2D eigenvalue weighted by molar-refractivity contribution is 0.177. The molecule has 2 aromatic carbocycles. The van der Waals surface area contributed by atoms with Crippen molar-refractivity contribution < 1.29 is 14.2 Å². The van der Waals surface area contributed by atoms with Crippen molar-refractivity contribution in [2.75, 3.05) is 6.61 Å². The van der Waals surface area contributed by atoms with Gasteiger partial charge in [-0.1, -0.05) is 23.7 Å². The van der Waals surface area contributed by atoms with Crippen LogP contribution < -0.4 is 4.74 Å². The van der Waals surface area contributed by atoms with E-state index in [0.29, 0.717) is 22.8 Å². The van der Waals surface area contributed by atoms with Crippen molar-refractivity contribution >= 4 is 11.6 Å². The standard InChI is InChI=1S/C16H16ClFO2/c1-2-20-14-6-3-11(4-7-14)16(19)10-12-9-13(17)5-8-15(12)18/h3-9,16,19H,2,10H2,1H3. The first-order valence-electron chi connectivity index (χ1n) is 6.45. The highest BCUT2D eigenvalue weighted by molar-refractivity contribution is 6.30. The molecule has 106 valence electrons. The summed E-state index contributed by atoms with van der Waals surface area (Å²) in [6.07, 6.45) is -0.598. The predicted octanol–water partition coefficient (Wildman–Crippen LogP) is 4.15. The second-order valence-corrected chi connectivity index (χ2v) is 4.89. The Morgan fingerprint density at radius 1 is 1.20 bits per heavy atom. The molecule has 0 bridgehead atoms. The number of aliphatic hydroxyl groups is 1. The summed E-state index contributed by atoms with van der Waals surface area (Å²) in [4.78, 5) is 0. The summed E-state index contributed by atoms with van der Waals surface area (Å²) < 4.78 is 19.0. The number of hydrogen-bond donors (Lipinski definition) is 1. The van der Waals surface area contributed by atoms with Gasteiger partial charge in [0.1, 0.15) is 11.6 Å². The number of aliphatic hydroxyl groups excluding tert-OH is 1. The Hall–Kier alpha value is -1.58. The number of benzene rings is 2. The van der Waals surface area contributed by atoms with E-state index in [2.05, 4.69) is 0 Å². The third kappa shape index (κ3) is 3.71. The highest BCUT2D eigenvalue weighted by Crippen LogP contribution is 2.24. The monoisotopic (exact) mass is 294 g/mol. The fraction of sp³-hybridized carbons (Fsp3) is 0.250. The number of rotatable bonds is 5. The molecule has 1 N–H and O–H groups in total. The normalized spacial score (nSPS) is 12.2. The zero-order valence-corrected chi connectivity index (χ0v) is 11.9. The van der Waals surface area contributed by atoms with Gasteiger partial charge in [-0.25, -0.2) is 4.39 Å². The molecule has 0 amide bonds. The lowest BCUT2D eigenvalue weighted by Gasteiger charge is -2.13. The molecule has 0 fully saturated rings. The summed E-state index contributed by atoms with van der Waals surface area (Å²) in [5.74, 6) is 0.386. The van der Waals surface area contributed by atoms with Crippen LogP contribution in [0.4, 0.5) is 4.39 Å². The van der Waals surface area contributed by atoms with E-state index in [-0.39, 0.29) is 12.2 Å². The van der Waals surface area contributed by atoms with Crippen molar-refractivity contribution in [3.05, 3.63) is 64.4 Å². The molecule has 4 heteroatoms. The molecule has 0 aliphatic carbocycles. The maximum Gasteiger partial charge on any atom is 0.126 e. The first-order chi connectivity index (χ1) is 9.60. The molecule has 0 aromatic heterocycles. The van der Waals surface area contributed by atoms with Crippen LogP contribution in [0.15, 0.2) is 42.5 Å². The van der Waals surface area contributed by atoms with Crippen molar-refractivity contribution in [1.82, 2.24) is 0 Å². The van der Waals surface area contributed by atoms with Gasteiger partial charge < -0.3 is 9.84 Å². The SMILES string of the molecule is CCOc1ccc(C(O)Cc2cc(Cl)ccc2F)cc1. The Kier molecular flexibility index (Phi) is 4.99. The Labute approximate surface area is 122 Å². The molecule has 0 saturated heterocycles. The molecule has 0 radical (unpaired) electrons. The van der Waals surface area contributed by atoms with Crippen molar-refractivity contribution in [3.63, 3.8) is 0 Å². The molecule has 2 rings (SSSR count). The maximum atomic E-state index is 13.6. The third-order valence-corrected chi connectivity index (χ3v) is 3.23. The van der Waals surface area contributed by atoms with E-state index in [1.807, 2.05) is 6.92 Å². The fourth-order valence-electron chi connectivity index (χ4n) is 1.98. The fourth-order valence-corrected chi connectivity index (χ4v) is 2.17. The van der Waals surface area contributed by atoms with Gasteiger partial charge in [0.25, 0.3) is 0 Å². The van der Waals surface area contributed by atoms with E-state index in [1.54, 1.807) is 24.3 Å². The van der Waals surface area contributed by atoms with Crippen LogP contribution in [0.5, 0.6) is 5.75 Å². The van der Waals surface area contributed by atoms with Crippen LogP contribution in [0.3, 0.4) is 0 Å². The van der Waals surface area contributed by atoms with Crippen LogP contribution in [0.1, 0.15) is 24.2 Å². The molecule has 20 heavy (non-hydrogen) atoms. The summed E-state index contributed by atoms with van der Waals surface area (Å²) >= 11 is 5.84. The van der Waals surface area contributed by atoms with Gasteiger partial charge >= 0.3 is 0 Å². The lowest BCUT2D eigenvalue weighted by atomic mass is 10.0. The van der Waals surface area contributed by atoms with Crippen LogP contribution in [-0.2, 0) is 6.42 Å². The average Bonchev–Trinajstić information content (AvgIpc) is 2.44. The van der Waals surface area contributed by atoms with Gasteiger partial charge in [0.15, 0.2) is 0 Å². The van der Waals surface area contributed by atoms with Crippen molar-refractivity contribution in [2.24, 2.45) is 0 Å². The summed E-state index contributed by atoms with van der Waals surface area (Å²) in [5.41, 5.74) is 1.12. The van der Waals surface area contributed by atoms with Crippen molar-refractivity contribution in [3.8, 4) is 5.75 Å². The zero-order valence-electron chi connectivity index (χ0n) is 11.1. The Bertz CT molecular complexity index is 569. The summed E-state index contributed by atoms with van der Waals surface area (Å²) in [7, 11) is 0. The van der Waals surface area contributed by atoms with E-state index < -0.39 is 6.10 Å². The third-order valence-electron chi connectivity index (χ3n) is 3.00. The highest BCUT2D eigenvalue weighted by atomic mass is 35.5. The molecule has 0 aliphatic rings. The van der Waals surface area contributed by atoms with Gasteiger partial charge in [0.2, 0.25) is 0 Å². The largest absolute Gasteiger partial charge is 0.494 e. The van der Waals surface area contributed by atoms with E-state index in [0.717, 1.165) is 5.75 Å². The molecule has 1 atom stereocenters. The zero-order chi connectivity index (χ0) is 14.5. The lowest BCUT2D eigenvalue weighted by Crippen LogP contribution is -2.03. The molecular formula is C16H16ClFO2. The highest BCUT2D eigenvalue weighted by Gasteiger charge is 2.12. The first kappa shape index (κ1) is 14.8. The van der Waals surface area contributed by atoms with Crippen molar-refractivity contribution in [2.45, 2.75) is 19.4 Å². The van der Waals surface area contributed by atoms with Crippen molar-refractivity contribution in [1.29, 1.82) is 0 Å². The van der Waals surface area contributed by atoms with E-state index in [9.17, 15) is 9.50 Å². The van der Waals surface area contributed by atoms with Gasteiger partial charge in [-0.15, -0.1) is 0 Å². The first-order valence-corrected chi connectivity index (χ1v) is 6.82. The summed E-state index contributed by atoms with van der Waals surface area (Å²) in [5, 5.41) is 10.6. The molecule has 1 unspecified atom stereocenters. The smallest absolute Gasteiger partial charge is 0.126 e. The van der Waals surface area contributed by atoms with Gasteiger partial charge in [-0.05, 0) is 48.4 Å². The van der Waals surface area contributed by atoms with Crippen LogP contribution in [0.2, 0.25) is 5.02 Å². The van der Waals surface area contributed by atoms with Gasteiger partial charge in [-0.3, -0.25) is 0 Å². The van der Waals surface area contributed by atoms with E-state index >= 15 is 0 Å². The van der Waals surface area contributed by atoms with Gasteiger partial charge in [0.05, 0.1) is 12.7 Å². The summed E-state index contributed by atoms with van der Waals surface area (Å²) in [6, 6.07) is 11.5. The Morgan fingerprint density at radius 2 is 1.90 bits per heavy atom.